The van der Waals surface area contributed by atoms with Gasteiger partial charge in [0, 0.05) is 13.0 Å². The first-order valence-corrected chi connectivity index (χ1v) is 5.29. The zero-order chi connectivity index (χ0) is 13.3. The van der Waals surface area contributed by atoms with Crippen LogP contribution in [0.2, 0.25) is 0 Å². The topological polar surface area (TPSA) is 64.3 Å². The molecule has 1 fully saturated rings. The molecule has 2 rings (SSSR count). The van der Waals surface area contributed by atoms with Gasteiger partial charge in [0.15, 0.2) is 6.10 Å². The summed E-state index contributed by atoms with van der Waals surface area (Å²) in [5, 5.41) is 2.56. The van der Waals surface area contributed by atoms with Crippen molar-refractivity contribution < 1.29 is 22.7 Å². The number of alkyl halides is 3. The normalized spacial score (nSPS) is 19.7. The van der Waals surface area contributed by atoms with Crippen molar-refractivity contribution in [2.75, 3.05) is 12.3 Å². The van der Waals surface area contributed by atoms with Crippen molar-refractivity contribution in [1.82, 2.24) is 5.32 Å². The summed E-state index contributed by atoms with van der Waals surface area (Å²) < 4.78 is 42.5. The van der Waals surface area contributed by atoms with Gasteiger partial charge in [-0.05, 0) is 18.2 Å². The number of halogens is 3. The van der Waals surface area contributed by atoms with Gasteiger partial charge >= 0.3 is 6.18 Å². The molecule has 1 aromatic rings. The van der Waals surface area contributed by atoms with Crippen molar-refractivity contribution in [3.05, 3.63) is 23.8 Å². The van der Waals surface area contributed by atoms with E-state index < -0.39 is 17.8 Å². The quantitative estimate of drug-likeness (QED) is 0.793. The molecule has 1 aromatic carbocycles. The van der Waals surface area contributed by atoms with Crippen LogP contribution in [0.25, 0.3) is 0 Å². The Hall–Kier alpha value is -1.92. The van der Waals surface area contributed by atoms with Gasteiger partial charge in [-0.2, -0.15) is 13.2 Å². The van der Waals surface area contributed by atoms with E-state index >= 15 is 0 Å². The molecule has 1 heterocycles. The van der Waals surface area contributed by atoms with Crippen molar-refractivity contribution in [1.29, 1.82) is 0 Å². The maximum Gasteiger partial charge on any atom is 0.416 e. The van der Waals surface area contributed by atoms with Crippen molar-refractivity contribution >= 4 is 11.6 Å². The summed E-state index contributed by atoms with van der Waals surface area (Å²) in [6.07, 6.45) is -4.67. The largest absolute Gasteiger partial charge is 0.478 e. The maximum atomic E-state index is 12.4. The summed E-state index contributed by atoms with van der Waals surface area (Å²) in [6, 6.07) is 2.80. The molecule has 3 N–H and O–H groups in total. The Bertz CT molecular complexity index is 474. The number of hydrogen-bond acceptors (Lipinski definition) is 3. The smallest absolute Gasteiger partial charge is 0.416 e. The zero-order valence-electron chi connectivity index (χ0n) is 9.25. The Labute approximate surface area is 101 Å². The first-order chi connectivity index (χ1) is 8.38. The molecule has 0 bridgehead atoms. The summed E-state index contributed by atoms with van der Waals surface area (Å²) in [6.45, 7) is 0.490. The van der Waals surface area contributed by atoms with Gasteiger partial charge in [0.25, 0.3) is 5.91 Å². The summed E-state index contributed by atoms with van der Waals surface area (Å²) in [4.78, 5) is 11.3. The first-order valence-electron chi connectivity index (χ1n) is 5.29. The number of anilines is 1. The molecule has 0 radical (unpaired) electrons. The third-order valence-corrected chi connectivity index (χ3v) is 2.60. The Morgan fingerprint density at radius 1 is 1.39 bits per heavy atom. The van der Waals surface area contributed by atoms with Gasteiger partial charge in [-0.1, -0.05) is 0 Å². The molecule has 0 aliphatic carbocycles. The minimum absolute atomic E-state index is 0.0880. The van der Waals surface area contributed by atoms with Crippen LogP contribution in [0.4, 0.5) is 18.9 Å². The molecule has 4 nitrogen and oxygen atoms in total. The van der Waals surface area contributed by atoms with Gasteiger partial charge in [-0.25, -0.2) is 0 Å². The van der Waals surface area contributed by atoms with Gasteiger partial charge in [0.2, 0.25) is 0 Å². The van der Waals surface area contributed by atoms with Gasteiger partial charge < -0.3 is 15.8 Å². The molecule has 1 saturated heterocycles. The molecule has 0 saturated carbocycles. The van der Waals surface area contributed by atoms with Crippen LogP contribution in [0, 0.1) is 0 Å². The Morgan fingerprint density at radius 2 is 2.11 bits per heavy atom. The highest BCUT2D eigenvalue weighted by Crippen LogP contribution is 2.34. The van der Waals surface area contributed by atoms with E-state index in [2.05, 4.69) is 5.32 Å². The number of carbonyl (C=O) groups excluding carboxylic acids is 1. The van der Waals surface area contributed by atoms with Gasteiger partial charge in [-0.3, -0.25) is 4.79 Å². The molecule has 1 atom stereocenters. The van der Waals surface area contributed by atoms with E-state index in [0.717, 1.165) is 18.2 Å². The van der Waals surface area contributed by atoms with Crippen LogP contribution in [0.5, 0.6) is 5.75 Å². The fourth-order valence-corrected chi connectivity index (χ4v) is 1.67. The highest BCUT2D eigenvalue weighted by atomic mass is 19.4. The number of nitrogens with two attached hydrogens (primary N) is 1. The second kappa shape index (κ2) is 4.40. The minimum atomic E-state index is -4.45. The predicted molar refractivity (Wildman–Crippen MR) is 57.9 cm³/mol. The highest BCUT2D eigenvalue weighted by molar-refractivity contribution is 5.83. The molecule has 1 aliphatic rings. The molecule has 1 aliphatic heterocycles. The van der Waals surface area contributed by atoms with E-state index in [9.17, 15) is 18.0 Å². The number of benzene rings is 1. The summed E-state index contributed by atoms with van der Waals surface area (Å²) in [5.74, 6) is -0.195. The van der Waals surface area contributed by atoms with Crippen LogP contribution >= 0.6 is 0 Å². The van der Waals surface area contributed by atoms with Crippen molar-refractivity contribution in [2.24, 2.45) is 0 Å². The average Bonchev–Trinajstić information content (AvgIpc) is 2.66. The molecule has 0 spiro atoms. The molecule has 98 valence electrons. The monoisotopic (exact) mass is 260 g/mol. The lowest BCUT2D eigenvalue weighted by atomic mass is 10.2. The Balaban J connectivity index is 2.17. The molecular formula is C11H11F3N2O2. The number of nitrogens with one attached hydrogen (secondary N) is 1. The van der Waals surface area contributed by atoms with Crippen LogP contribution in [0.15, 0.2) is 18.2 Å². The van der Waals surface area contributed by atoms with E-state index in [1.807, 2.05) is 0 Å². The highest BCUT2D eigenvalue weighted by Gasteiger charge is 2.32. The van der Waals surface area contributed by atoms with Gasteiger partial charge in [0.05, 0.1) is 11.3 Å². The second-order valence-corrected chi connectivity index (χ2v) is 3.94. The molecule has 1 amide bonds. The van der Waals surface area contributed by atoms with Gasteiger partial charge in [0.1, 0.15) is 5.75 Å². The van der Waals surface area contributed by atoms with E-state index in [0.29, 0.717) is 13.0 Å². The van der Waals surface area contributed by atoms with Crippen LogP contribution in [0.3, 0.4) is 0 Å². The standard InChI is InChI=1S/C11H11F3N2O2/c12-11(13,14)6-1-2-8(7(15)5-6)18-9-3-4-16-10(9)17/h1-2,5,9H,3-4,15H2,(H,16,17). The number of amides is 1. The van der Waals surface area contributed by atoms with E-state index in [4.69, 9.17) is 10.5 Å². The van der Waals surface area contributed by atoms with Crippen molar-refractivity contribution in [2.45, 2.75) is 18.7 Å². The number of nitrogen functional groups attached to an aromatic ring is 1. The lowest BCUT2D eigenvalue weighted by molar-refractivity contribution is -0.137. The number of rotatable bonds is 2. The van der Waals surface area contributed by atoms with Crippen molar-refractivity contribution in [3.8, 4) is 5.75 Å². The van der Waals surface area contributed by atoms with Crippen molar-refractivity contribution in [3.63, 3.8) is 0 Å². The predicted octanol–water partition coefficient (Wildman–Crippen LogP) is 1.55. The third kappa shape index (κ3) is 2.49. The molecule has 0 aromatic heterocycles. The van der Waals surface area contributed by atoms with Crippen LogP contribution in [0.1, 0.15) is 12.0 Å². The molecular weight excluding hydrogens is 249 g/mol. The SMILES string of the molecule is Nc1cc(C(F)(F)F)ccc1OC1CCNC1=O. The Morgan fingerprint density at radius 3 is 2.61 bits per heavy atom. The van der Waals surface area contributed by atoms with E-state index in [1.165, 1.54) is 0 Å². The van der Waals surface area contributed by atoms with E-state index in [-0.39, 0.29) is 17.3 Å². The van der Waals surface area contributed by atoms with Crippen LogP contribution in [-0.4, -0.2) is 18.6 Å². The molecule has 7 heteroatoms. The first kappa shape index (κ1) is 12.5. The number of ether oxygens (including phenoxy) is 1. The second-order valence-electron chi connectivity index (χ2n) is 3.94. The fourth-order valence-electron chi connectivity index (χ4n) is 1.67. The summed E-state index contributed by atoms with van der Waals surface area (Å²) in [7, 11) is 0. The Kier molecular flexibility index (Phi) is 3.06. The summed E-state index contributed by atoms with van der Waals surface area (Å²) >= 11 is 0. The third-order valence-electron chi connectivity index (χ3n) is 2.60. The minimum Gasteiger partial charge on any atom is -0.478 e. The van der Waals surface area contributed by atoms with E-state index in [1.54, 1.807) is 0 Å². The van der Waals surface area contributed by atoms with Crippen LogP contribution < -0.4 is 15.8 Å². The fraction of sp³-hybridized carbons (Fsp3) is 0.364. The summed E-state index contributed by atoms with van der Waals surface area (Å²) in [5.41, 5.74) is 4.51. The lowest BCUT2D eigenvalue weighted by Crippen LogP contribution is -2.27. The number of carbonyl (C=O) groups is 1. The molecule has 1 unspecified atom stereocenters. The van der Waals surface area contributed by atoms with Gasteiger partial charge in [-0.15, -0.1) is 0 Å². The average molecular weight is 260 g/mol. The lowest BCUT2D eigenvalue weighted by Gasteiger charge is -2.14. The van der Waals surface area contributed by atoms with Crippen LogP contribution in [-0.2, 0) is 11.0 Å². The maximum absolute atomic E-state index is 12.4. The number of hydrogen-bond donors (Lipinski definition) is 2. The molecule has 18 heavy (non-hydrogen) atoms. The zero-order valence-corrected chi connectivity index (χ0v) is 9.25.